The standard InChI is InChI=1S/C18H25N5O2/c1-14(23-13-19-12-21-23)18(24)20-11-16(22-9-5-6-10-22)15-7-3-4-8-17(15)25-2/h3-4,7-8,12-14,16H,5-6,9-11H2,1-2H3,(H,20,24)/t14-,16-/m1/s1. The van der Waals surface area contributed by atoms with Gasteiger partial charge in [0, 0.05) is 12.1 Å². The van der Waals surface area contributed by atoms with E-state index in [1.807, 2.05) is 25.1 Å². The lowest BCUT2D eigenvalue weighted by molar-refractivity contribution is -0.124. The van der Waals surface area contributed by atoms with E-state index in [0.717, 1.165) is 24.4 Å². The molecule has 3 rings (SSSR count). The van der Waals surface area contributed by atoms with E-state index < -0.39 is 0 Å². The Bertz CT molecular complexity index is 683. The first-order valence-corrected chi connectivity index (χ1v) is 8.69. The van der Waals surface area contributed by atoms with Crippen molar-refractivity contribution in [2.75, 3.05) is 26.7 Å². The summed E-state index contributed by atoms with van der Waals surface area (Å²) < 4.78 is 7.10. The van der Waals surface area contributed by atoms with Gasteiger partial charge in [0.05, 0.1) is 13.2 Å². The second-order valence-corrected chi connectivity index (χ2v) is 6.30. The van der Waals surface area contributed by atoms with Gasteiger partial charge in [-0.2, -0.15) is 5.10 Å². The average molecular weight is 343 g/mol. The lowest BCUT2D eigenvalue weighted by Crippen LogP contribution is -2.39. The van der Waals surface area contributed by atoms with Gasteiger partial charge in [0.25, 0.3) is 0 Å². The summed E-state index contributed by atoms with van der Waals surface area (Å²) in [6, 6.07) is 7.74. The first-order chi connectivity index (χ1) is 12.2. The molecule has 1 aromatic heterocycles. The Hall–Kier alpha value is -2.41. The highest BCUT2D eigenvalue weighted by molar-refractivity contribution is 5.79. The van der Waals surface area contributed by atoms with Crippen LogP contribution in [0.15, 0.2) is 36.9 Å². The minimum atomic E-state index is -0.389. The molecule has 1 aliphatic heterocycles. The molecule has 0 bridgehead atoms. The van der Waals surface area contributed by atoms with E-state index in [-0.39, 0.29) is 18.0 Å². The fraction of sp³-hybridized carbons (Fsp3) is 0.500. The van der Waals surface area contributed by atoms with Crippen LogP contribution in [0.3, 0.4) is 0 Å². The second-order valence-electron chi connectivity index (χ2n) is 6.30. The molecular weight excluding hydrogens is 318 g/mol. The average Bonchev–Trinajstić information content (AvgIpc) is 3.35. The first-order valence-electron chi connectivity index (χ1n) is 8.69. The van der Waals surface area contributed by atoms with Crippen LogP contribution < -0.4 is 10.1 Å². The smallest absolute Gasteiger partial charge is 0.244 e. The summed E-state index contributed by atoms with van der Waals surface area (Å²) in [5.74, 6) is 0.794. The number of rotatable bonds is 7. The molecule has 0 saturated carbocycles. The van der Waals surface area contributed by atoms with Crippen molar-refractivity contribution in [3.63, 3.8) is 0 Å². The molecule has 0 spiro atoms. The van der Waals surface area contributed by atoms with Gasteiger partial charge in [0.2, 0.25) is 5.91 Å². The minimum absolute atomic E-state index is 0.0652. The maximum absolute atomic E-state index is 12.5. The van der Waals surface area contributed by atoms with Crippen LogP contribution in [0.4, 0.5) is 0 Å². The Labute approximate surface area is 148 Å². The molecule has 7 nitrogen and oxygen atoms in total. The topological polar surface area (TPSA) is 72.3 Å². The van der Waals surface area contributed by atoms with E-state index in [1.165, 1.54) is 19.2 Å². The number of likely N-dealkylation sites (tertiary alicyclic amines) is 1. The fourth-order valence-electron chi connectivity index (χ4n) is 3.31. The van der Waals surface area contributed by atoms with Gasteiger partial charge in [0.1, 0.15) is 24.4 Å². The lowest BCUT2D eigenvalue weighted by atomic mass is 10.0. The Morgan fingerprint density at radius 3 is 2.76 bits per heavy atom. The summed E-state index contributed by atoms with van der Waals surface area (Å²) in [6.07, 6.45) is 5.37. The fourth-order valence-corrected chi connectivity index (χ4v) is 3.31. The number of aromatic nitrogens is 3. The third kappa shape index (κ3) is 3.99. The van der Waals surface area contributed by atoms with Gasteiger partial charge in [-0.15, -0.1) is 0 Å². The number of ether oxygens (including phenoxy) is 1. The number of methoxy groups -OCH3 is 1. The van der Waals surface area contributed by atoms with Crippen LogP contribution >= 0.6 is 0 Å². The van der Waals surface area contributed by atoms with Crippen molar-refractivity contribution in [3.05, 3.63) is 42.5 Å². The van der Waals surface area contributed by atoms with Gasteiger partial charge in [-0.05, 0) is 38.9 Å². The molecule has 1 fully saturated rings. The molecule has 25 heavy (non-hydrogen) atoms. The molecular formula is C18H25N5O2. The van der Waals surface area contributed by atoms with Crippen molar-refractivity contribution in [1.29, 1.82) is 0 Å². The Morgan fingerprint density at radius 2 is 2.08 bits per heavy atom. The van der Waals surface area contributed by atoms with E-state index >= 15 is 0 Å². The molecule has 134 valence electrons. The zero-order valence-corrected chi connectivity index (χ0v) is 14.8. The minimum Gasteiger partial charge on any atom is -0.496 e. The number of nitrogens with zero attached hydrogens (tertiary/aromatic N) is 4. The predicted molar refractivity (Wildman–Crippen MR) is 94.3 cm³/mol. The molecule has 1 saturated heterocycles. The van der Waals surface area contributed by atoms with Gasteiger partial charge < -0.3 is 10.1 Å². The molecule has 0 aliphatic carbocycles. The maximum Gasteiger partial charge on any atom is 0.244 e. The number of carbonyl (C=O) groups is 1. The molecule has 2 heterocycles. The Balaban J connectivity index is 1.73. The Morgan fingerprint density at radius 1 is 1.32 bits per heavy atom. The third-order valence-corrected chi connectivity index (χ3v) is 4.76. The van der Waals surface area contributed by atoms with Crippen molar-refractivity contribution >= 4 is 5.91 Å². The highest BCUT2D eigenvalue weighted by Gasteiger charge is 2.27. The zero-order valence-electron chi connectivity index (χ0n) is 14.8. The first kappa shape index (κ1) is 17.4. The van der Waals surface area contributed by atoms with Gasteiger partial charge in [-0.25, -0.2) is 9.67 Å². The molecule has 1 aliphatic rings. The number of para-hydroxylation sites is 1. The van der Waals surface area contributed by atoms with E-state index in [2.05, 4.69) is 26.4 Å². The van der Waals surface area contributed by atoms with Crippen LogP contribution in [0.25, 0.3) is 0 Å². The summed E-state index contributed by atoms with van der Waals surface area (Å²) in [6.45, 7) is 4.44. The molecule has 1 aromatic carbocycles. The molecule has 1 amide bonds. The SMILES string of the molecule is COc1ccccc1[C@@H](CNC(=O)[C@@H](C)n1cncn1)N1CCCC1. The van der Waals surface area contributed by atoms with Gasteiger partial charge in [0.15, 0.2) is 0 Å². The van der Waals surface area contributed by atoms with Crippen molar-refractivity contribution < 1.29 is 9.53 Å². The van der Waals surface area contributed by atoms with Crippen molar-refractivity contribution in [2.24, 2.45) is 0 Å². The molecule has 7 heteroatoms. The van der Waals surface area contributed by atoms with Crippen LogP contribution in [0.1, 0.15) is 37.4 Å². The monoisotopic (exact) mass is 343 g/mol. The third-order valence-electron chi connectivity index (χ3n) is 4.76. The normalized spacial score (nSPS) is 17.2. The van der Waals surface area contributed by atoms with E-state index in [9.17, 15) is 4.79 Å². The summed E-state index contributed by atoms with van der Waals surface area (Å²) in [5, 5.41) is 7.11. The van der Waals surface area contributed by atoms with E-state index in [4.69, 9.17) is 4.74 Å². The number of carbonyl (C=O) groups excluding carboxylic acids is 1. The maximum atomic E-state index is 12.5. The number of benzene rings is 1. The summed E-state index contributed by atoms with van der Waals surface area (Å²) >= 11 is 0. The van der Waals surface area contributed by atoms with Gasteiger partial charge in [-0.3, -0.25) is 9.69 Å². The van der Waals surface area contributed by atoms with Crippen molar-refractivity contribution in [2.45, 2.75) is 31.8 Å². The quantitative estimate of drug-likeness (QED) is 0.830. The van der Waals surface area contributed by atoms with E-state index in [1.54, 1.807) is 18.1 Å². The number of hydrogen-bond donors (Lipinski definition) is 1. The Kier molecular flexibility index (Phi) is 5.65. The molecule has 2 atom stereocenters. The highest BCUT2D eigenvalue weighted by Crippen LogP contribution is 2.31. The van der Waals surface area contributed by atoms with Crippen LogP contribution in [-0.2, 0) is 4.79 Å². The van der Waals surface area contributed by atoms with Crippen LogP contribution in [0.5, 0.6) is 5.75 Å². The summed E-state index contributed by atoms with van der Waals surface area (Å²) in [4.78, 5) is 18.8. The molecule has 0 unspecified atom stereocenters. The largest absolute Gasteiger partial charge is 0.496 e. The van der Waals surface area contributed by atoms with Crippen molar-refractivity contribution in [3.8, 4) is 5.75 Å². The van der Waals surface area contributed by atoms with Gasteiger partial charge in [-0.1, -0.05) is 18.2 Å². The molecule has 2 aromatic rings. The number of amides is 1. The van der Waals surface area contributed by atoms with Crippen molar-refractivity contribution in [1.82, 2.24) is 25.0 Å². The number of nitrogens with one attached hydrogen (secondary N) is 1. The molecule has 1 N–H and O–H groups in total. The second kappa shape index (κ2) is 8.11. The predicted octanol–water partition coefficient (Wildman–Crippen LogP) is 1.80. The zero-order chi connectivity index (χ0) is 17.6. The summed E-state index contributed by atoms with van der Waals surface area (Å²) in [7, 11) is 1.69. The van der Waals surface area contributed by atoms with E-state index in [0.29, 0.717) is 6.54 Å². The highest BCUT2D eigenvalue weighted by atomic mass is 16.5. The molecule has 0 radical (unpaired) electrons. The number of hydrogen-bond acceptors (Lipinski definition) is 5. The van der Waals surface area contributed by atoms with Crippen LogP contribution in [0, 0.1) is 0 Å². The van der Waals surface area contributed by atoms with Crippen LogP contribution in [-0.4, -0.2) is 52.3 Å². The van der Waals surface area contributed by atoms with Gasteiger partial charge >= 0.3 is 0 Å². The summed E-state index contributed by atoms with van der Waals surface area (Å²) in [5.41, 5.74) is 1.11. The lowest BCUT2D eigenvalue weighted by Gasteiger charge is -2.29. The van der Waals surface area contributed by atoms with Crippen LogP contribution in [0.2, 0.25) is 0 Å².